The number of hydrogen-bond acceptors (Lipinski definition) is 3. The first-order valence-electron chi connectivity index (χ1n) is 5.34. The quantitative estimate of drug-likeness (QED) is 0.873. The fraction of sp³-hybridized carbons (Fsp3) is 0.545. The van der Waals surface area contributed by atoms with Crippen LogP contribution in [0.2, 0.25) is 0 Å². The lowest BCUT2D eigenvalue weighted by molar-refractivity contribution is -0.137. The summed E-state index contributed by atoms with van der Waals surface area (Å²) in [6, 6.07) is 2.40. The van der Waals surface area contributed by atoms with Crippen LogP contribution in [0, 0.1) is 0 Å². The van der Waals surface area contributed by atoms with Gasteiger partial charge in [-0.05, 0) is 34.8 Å². The molecule has 2 rings (SSSR count). The second-order valence-electron chi connectivity index (χ2n) is 4.04. The van der Waals surface area contributed by atoms with E-state index in [4.69, 9.17) is 9.52 Å². The van der Waals surface area contributed by atoms with Crippen molar-refractivity contribution < 1.29 is 14.3 Å². The van der Waals surface area contributed by atoms with Crippen LogP contribution in [-0.4, -0.2) is 28.6 Å². The summed E-state index contributed by atoms with van der Waals surface area (Å²) in [5.41, 5.74) is 0. The summed E-state index contributed by atoms with van der Waals surface area (Å²) >= 11 is 3.41. The Morgan fingerprint density at radius 1 is 1.62 bits per heavy atom. The van der Waals surface area contributed by atoms with Gasteiger partial charge in [0.25, 0.3) is 0 Å². The Morgan fingerprint density at radius 2 is 2.38 bits per heavy atom. The smallest absolute Gasteiger partial charge is 0.304 e. The molecule has 0 aliphatic heterocycles. The third kappa shape index (κ3) is 3.09. The number of rotatable bonds is 6. The molecule has 0 unspecified atom stereocenters. The molecule has 1 aromatic rings. The molecule has 0 atom stereocenters. The van der Waals surface area contributed by atoms with E-state index in [0.29, 0.717) is 19.1 Å². The SMILES string of the molecule is O=C(O)CCN(Cc1occc1Br)C1CC1. The van der Waals surface area contributed by atoms with Crippen LogP contribution in [-0.2, 0) is 11.3 Å². The topological polar surface area (TPSA) is 53.7 Å². The molecule has 1 heterocycles. The number of carboxylic acid groups (broad SMARTS) is 1. The Labute approximate surface area is 102 Å². The van der Waals surface area contributed by atoms with Gasteiger partial charge in [0, 0.05) is 12.6 Å². The first kappa shape index (κ1) is 11.7. The highest BCUT2D eigenvalue weighted by Crippen LogP contribution is 2.30. The van der Waals surface area contributed by atoms with Crippen molar-refractivity contribution in [1.29, 1.82) is 0 Å². The lowest BCUT2D eigenvalue weighted by atomic mass is 10.3. The van der Waals surface area contributed by atoms with Crippen molar-refractivity contribution in [2.75, 3.05) is 6.54 Å². The molecule has 0 spiro atoms. The fourth-order valence-corrected chi connectivity index (χ4v) is 2.02. The summed E-state index contributed by atoms with van der Waals surface area (Å²) in [5.74, 6) is 0.126. The van der Waals surface area contributed by atoms with Crippen molar-refractivity contribution in [1.82, 2.24) is 4.90 Å². The normalized spacial score (nSPS) is 15.6. The van der Waals surface area contributed by atoms with Crippen molar-refractivity contribution in [3.05, 3.63) is 22.6 Å². The molecule has 1 aromatic heterocycles. The van der Waals surface area contributed by atoms with Crippen molar-refractivity contribution >= 4 is 21.9 Å². The highest BCUT2D eigenvalue weighted by Gasteiger charge is 2.30. The van der Waals surface area contributed by atoms with Crippen LogP contribution < -0.4 is 0 Å². The molecular weight excluding hydrogens is 274 g/mol. The number of carbonyl (C=O) groups is 1. The lowest BCUT2D eigenvalue weighted by Crippen LogP contribution is -2.28. The van der Waals surface area contributed by atoms with Crippen LogP contribution in [0.5, 0.6) is 0 Å². The van der Waals surface area contributed by atoms with Crippen LogP contribution >= 0.6 is 15.9 Å². The number of aliphatic carboxylic acids is 1. The highest BCUT2D eigenvalue weighted by atomic mass is 79.9. The molecule has 16 heavy (non-hydrogen) atoms. The Kier molecular flexibility index (Phi) is 3.66. The highest BCUT2D eigenvalue weighted by molar-refractivity contribution is 9.10. The number of carboxylic acids is 1. The Bertz CT molecular complexity index is 373. The van der Waals surface area contributed by atoms with Gasteiger partial charge >= 0.3 is 5.97 Å². The van der Waals surface area contributed by atoms with Crippen LogP contribution in [0.1, 0.15) is 25.0 Å². The molecule has 0 radical (unpaired) electrons. The van der Waals surface area contributed by atoms with E-state index in [0.717, 1.165) is 23.1 Å². The monoisotopic (exact) mass is 287 g/mol. The van der Waals surface area contributed by atoms with Gasteiger partial charge in [-0.15, -0.1) is 0 Å². The van der Waals surface area contributed by atoms with E-state index in [1.807, 2.05) is 6.07 Å². The minimum absolute atomic E-state index is 0.189. The molecule has 0 bridgehead atoms. The van der Waals surface area contributed by atoms with Gasteiger partial charge in [0.2, 0.25) is 0 Å². The van der Waals surface area contributed by atoms with Crippen LogP contribution in [0.25, 0.3) is 0 Å². The predicted octanol–water partition coefficient (Wildman–Crippen LogP) is 2.48. The molecule has 1 fully saturated rings. The van der Waals surface area contributed by atoms with E-state index in [9.17, 15) is 4.79 Å². The van der Waals surface area contributed by atoms with E-state index >= 15 is 0 Å². The molecule has 88 valence electrons. The number of hydrogen-bond donors (Lipinski definition) is 1. The Balaban J connectivity index is 1.92. The van der Waals surface area contributed by atoms with Crippen molar-refractivity contribution in [2.24, 2.45) is 0 Å². The summed E-state index contributed by atoms with van der Waals surface area (Å²) in [7, 11) is 0. The zero-order valence-corrected chi connectivity index (χ0v) is 10.4. The minimum Gasteiger partial charge on any atom is -0.481 e. The van der Waals surface area contributed by atoms with Crippen molar-refractivity contribution in [3.63, 3.8) is 0 Å². The maximum atomic E-state index is 10.6. The van der Waals surface area contributed by atoms with Gasteiger partial charge in [0.05, 0.1) is 23.7 Å². The van der Waals surface area contributed by atoms with Crippen molar-refractivity contribution in [3.8, 4) is 0 Å². The first-order valence-corrected chi connectivity index (χ1v) is 6.14. The number of furan rings is 1. The molecule has 5 heteroatoms. The average molecular weight is 288 g/mol. The molecule has 1 aliphatic carbocycles. The van der Waals surface area contributed by atoms with E-state index in [1.165, 1.54) is 0 Å². The lowest BCUT2D eigenvalue weighted by Gasteiger charge is -2.19. The van der Waals surface area contributed by atoms with Gasteiger partial charge in [0.15, 0.2) is 0 Å². The molecule has 1 saturated carbocycles. The maximum absolute atomic E-state index is 10.6. The largest absolute Gasteiger partial charge is 0.481 e. The summed E-state index contributed by atoms with van der Waals surface area (Å²) in [6.45, 7) is 1.28. The van der Waals surface area contributed by atoms with Crippen LogP contribution in [0.4, 0.5) is 0 Å². The van der Waals surface area contributed by atoms with Crippen molar-refractivity contribution in [2.45, 2.75) is 31.8 Å². The molecule has 0 saturated heterocycles. The summed E-state index contributed by atoms with van der Waals surface area (Å²) in [5, 5.41) is 8.69. The molecule has 1 aliphatic rings. The summed E-state index contributed by atoms with van der Waals surface area (Å²) < 4.78 is 6.30. The van der Waals surface area contributed by atoms with Gasteiger partial charge in [-0.2, -0.15) is 0 Å². The fourth-order valence-electron chi connectivity index (χ4n) is 1.69. The molecule has 1 N–H and O–H groups in total. The number of nitrogens with zero attached hydrogens (tertiary/aromatic N) is 1. The summed E-state index contributed by atoms with van der Waals surface area (Å²) in [6.07, 6.45) is 4.16. The second kappa shape index (κ2) is 5.01. The second-order valence-corrected chi connectivity index (χ2v) is 4.89. The van der Waals surface area contributed by atoms with Gasteiger partial charge in [-0.1, -0.05) is 0 Å². The summed E-state index contributed by atoms with van der Waals surface area (Å²) in [4.78, 5) is 12.7. The predicted molar refractivity (Wildman–Crippen MR) is 62.1 cm³/mol. The van der Waals surface area contributed by atoms with Gasteiger partial charge in [-0.25, -0.2) is 0 Å². The van der Waals surface area contributed by atoms with Gasteiger partial charge in [-0.3, -0.25) is 9.69 Å². The van der Waals surface area contributed by atoms with Crippen LogP contribution in [0.3, 0.4) is 0 Å². The Hall–Kier alpha value is -0.810. The van der Waals surface area contributed by atoms with E-state index in [-0.39, 0.29) is 6.42 Å². The van der Waals surface area contributed by atoms with Crippen LogP contribution in [0.15, 0.2) is 21.2 Å². The van der Waals surface area contributed by atoms with Gasteiger partial charge in [0.1, 0.15) is 5.76 Å². The minimum atomic E-state index is -0.746. The third-order valence-electron chi connectivity index (χ3n) is 2.71. The molecule has 0 amide bonds. The zero-order chi connectivity index (χ0) is 11.5. The molecule has 4 nitrogen and oxygen atoms in total. The number of halogens is 1. The standard InChI is InChI=1S/C11H14BrNO3/c12-9-4-6-16-10(9)7-13(8-1-2-8)5-3-11(14)15/h4,6,8H,1-3,5,7H2,(H,14,15). The van der Waals surface area contributed by atoms with E-state index < -0.39 is 5.97 Å². The third-order valence-corrected chi connectivity index (χ3v) is 3.42. The maximum Gasteiger partial charge on any atom is 0.304 e. The molecular formula is C11H14BrNO3. The average Bonchev–Trinajstić information content (AvgIpc) is 2.99. The van der Waals surface area contributed by atoms with E-state index in [2.05, 4.69) is 20.8 Å². The Morgan fingerprint density at radius 3 is 2.88 bits per heavy atom. The van der Waals surface area contributed by atoms with Gasteiger partial charge < -0.3 is 9.52 Å². The molecule has 0 aromatic carbocycles. The zero-order valence-electron chi connectivity index (χ0n) is 8.86. The van der Waals surface area contributed by atoms with E-state index in [1.54, 1.807) is 6.26 Å². The first-order chi connectivity index (χ1) is 7.66.